The molecule has 50 valence electrons. The summed E-state index contributed by atoms with van der Waals surface area (Å²) in [6, 6.07) is 0. The third-order valence-electron chi connectivity index (χ3n) is 1.15. The van der Waals surface area contributed by atoms with E-state index in [1.165, 1.54) is 6.42 Å². The van der Waals surface area contributed by atoms with Gasteiger partial charge in [0.2, 0.25) is 6.33 Å². The predicted molar refractivity (Wildman–Crippen MR) is 39.4 cm³/mol. The minimum absolute atomic E-state index is 1.07. The standard InChI is InChI=1S/C6H9BrN2/c7-2-1-4-9-5-3-8-6-9/h3,5-6H,1-2,4H2/p+1. The molecular weight excluding hydrogens is 180 g/mol. The van der Waals surface area contributed by atoms with Crippen LogP contribution in [0.2, 0.25) is 0 Å². The average molecular weight is 190 g/mol. The third kappa shape index (κ3) is 2.18. The second-order valence-corrected chi connectivity index (χ2v) is 2.68. The Morgan fingerprint density at radius 3 is 3.00 bits per heavy atom. The van der Waals surface area contributed by atoms with Gasteiger partial charge >= 0.3 is 0 Å². The highest BCUT2D eigenvalue weighted by atomic mass is 79.9. The lowest BCUT2D eigenvalue weighted by Crippen LogP contribution is -2.30. The van der Waals surface area contributed by atoms with Crippen LogP contribution in [0.3, 0.4) is 0 Å². The molecule has 1 N–H and O–H groups in total. The Morgan fingerprint density at radius 1 is 1.56 bits per heavy atom. The molecule has 0 saturated heterocycles. The highest BCUT2D eigenvalue weighted by Crippen LogP contribution is 1.85. The van der Waals surface area contributed by atoms with Gasteiger partial charge in [0.1, 0.15) is 12.4 Å². The number of aromatic nitrogens is 2. The zero-order valence-corrected chi connectivity index (χ0v) is 6.76. The summed E-state index contributed by atoms with van der Waals surface area (Å²) in [5, 5.41) is 1.07. The summed E-state index contributed by atoms with van der Waals surface area (Å²) in [4.78, 5) is 2.99. The molecule has 0 spiro atoms. The van der Waals surface area contributed by atoms with Crippen molar-refractivity contribution in [2.75, 3.05) is 5.33 Å². The molecule has 0 aliphatic rings. The van der Waals surface area contributed by atoms with Crippen molar-refractivity contribution in [3.8, 4) is 0 Å². The van der Waals surface area contributed by atoms with E-state index in [1.54, 1.807) is 0 Å². The Hall–Kier alpha value is -0.310. The molecule has 1 aromatic rings. The van der Waals surface area contributed by atoms with Gasteiger partial charge in [-0.3, -0.25) is 4.98 Å². The van der Waals surface area contributed by atoms with Crippen LogP contribution in [0.1, 0.15) is 6.42 Å². The zero-order chi connectivity index (χ0) is 6.53. The number of aromatic amines is 1. The topological polar surface area (TPSA) is 19.7 Å². The Labute approximate surface area is 63.0 Å². The van der Waals surface area contributed by atoms with E-state index in [9.17, 15) is 0 Å². The maximum absolute atomic E-state index is 3.37. The van der Waals surface area contributed by atoms with Gasteiger partial charge in [0, 0.05) is 5.33 Å². The molecule has 0 aliphatic heterocycles. The van der Waals surface area contributed by atoms with Crippen molar-refractivity contribution in [1.29, 1.82) is 0 Å². The van der Waals surface area contributed by atoms with Crippen molar-refractivity contribution >= 4 is 15.9 Å². The average Bonchev–Trinajstić information content (AvgIpc) is 2.34. The largest absolute Gasteiger partial charge is 0.250 e. The molecule has 1 heterocycles. The van der Waals surface area contributed by atoms with Crippen LogP contribution in [-0.2, 0) is 6.54 Å². The van der Waals surface area contributed by atoms with E-state index in [2.05, 4.69) is 25.5 Å². The molecule has 0 atom stereocenters. The first-order chi connectivity index (χ1) is 4.43. The smallest absolute Gasteiger partial charge is 0.241 e. The molecule has 0 aliphatic carbocycles. The van der Waals surface area contributed by atoms with Gasteiger partial charge in [0.15, 0.2) is 0 Å². The number of hydrogen-bond donors (Lipinski definition) is 1. The number of H-pyrrole nitrogens is 1. The second kappa shape index (κ2) is 3.67. The van der Waals surface area contributed by atoms with Crippen molar-refractivity contribution in [1.82, 2.24) is 4.98 Å². The van der Waals surface area contributed by atoms with Crippen molar-refractivity contribution in [3.63, 3.8) is 0 Å². The van der Waals surface area contributed by atoms with E-state index in [1.807, 2.05) is 18.7 Å². The summed E-state index contributed by atoms with van der Waals surface area (Å²) in [6.07, 6.45) is 7.10. The molecule has 1 rings (SSSR count). The first kappa shape index (κ1) is 6.81. The van der Waals surface area contributed by atoms with E-state index in [0.717, 1.165) is 11.9 Å². The number of nitrogens with zero attached hydrogens (tertiary/aromatic N) is 1. The summed E-state index contributed by atoms with van der Waals surface area (Å²) in [7, 11) is 0. The summed E-state index contributed by atoms with van der Waals surface area (Å²) in [6.45, 7) is 1.09. The summed E-state index contributed by atoms with van der Waals surface area (Å²) < 4.78 is 2.13. The van der Waals surface area contributed by atoms with Crippen LogP contribution in [-0.4, -0.2) is 10.3 Å². The number of aryl methyl sites for hydroxylation is 1. The maximum atomic E-state index is 3.37. The van der Waals surface area contributed by atoms with Gasteiger partial charge in [-0.15, -0.1) is 0 Å². The molecular formula is C6H10BrN2+. The first-order valence-corrected chi connectivity index (χ1v) is 4.13. The molecule has 9 heavy (non-hydrogen) atoms. The van der Waals surface area contributed by atoms with Crippen LogP contribution in [0.15, 0.2) is 18.7 Å². The Morgan fingerprint density at radius 2 is 2.44 bits per heavy atom. The summed E-state index contributed by atoms with van der Waals surface area (Å²) in [5.41, 5.74) is 0. The van der Waals surface area contributed by atoms with Crippen molar-refractivity contribution in [2.24, 2.45) is 0 Å². The predicted octanol–water partition coefficient (Wildman–Crippen LogP) is 1.09. The molecule has 0 bridgehead atoms. The van der Waals surface area contributed by atoms with Crippen molar-refractivity contribution < 1.29 is 4.57 Å². The molecule has 2 nitrogen and oxygen atoms in total. The van der Waals surface area contributed by atoms with Crippen LogP contribution in [0.25, 0.3) is 0 Å². The molecule has 0 saturated carbocycles. The van der Waals surface area contributed by atoms with Gasteiger partial charge in [-0.05, 0) is 6.42 Å². The Kier molecular flexibility index (Phi) is 2.77. The van der Waals surface area contributed by atoms with Crippen LogP contribution >= 0.6 is 15.9 Å². The number of hydrogen-bond acceptors (Lipinski definition) is 0. The van der Waals surface area contributed by atoms with Crippen LogP contribution in [0, 0.1) is 0 Å². The molecule has 0 aromatic carbocycles. The number of nitrogens with one attached hydrogen (secondary N) is 1. The van der Waals surface area contributed by atoms with Gasteiger partial charge in [0.05, 0.1) is 6.54 Å². The number of alkyl halides is 1. The van der Waals surface area contributed by atoms with Gasteiger partial charge in [-0.2, -0.15) is 0 Å². The third-order valence-corrected chi connectivity index (χ3v) is 1.71. The monoisotopic (exact) mass is 189 g/mol. The highest BCUT2D eigenvalue weighted by Gasteiger charge is 1.92. The Bertz CT molecular complexity index is 148. The lowest BCUT2D eigenvalue weighted by atomic mass is 10.5. The quantitative estimate of drug-likeness (QED) is 0.543. The first-order valence-electron chi connectivity index (χ1n) is 3.01. The second-order valence-electron chi connectivity index (χ2n) is 1.89. The molecule has 0 amide bonds. The Balaban J connectivity index is 2.30. The fourth-order valence-electron chi connectivity index (χ4n) is 0.702. The molecule has 1 aromatic heterocycles. The summed E-state index contributed by atoms with van der Waals surface area (Å²) in [5.74, 6) is 0. The van der Waals surface area contributed by atoms with Crippen molar-refractivity contribution in [2.45, 2.75) is 13.0 Å². The highest BCUT2D eigenvalue weighted by molar-refractivity contribution is 9.09. The SMILES string of the molecule is BrCCC[n+]1cc[nH]c1. The van der Waals surface area contributed by atoms with Crippen molar-refractivity contribution in [3.05, 3.63) is 18.7 Å². The van der Waals surface area contributed by atoms with Gasteiger partial charge in [0.25, 0.3) is 0 Å². The maximum Gasteiger partial charge on any atom is 0.241 e. The number of imidazole rings is 1. The summed E-state index contributed by atoms with van der Waals surface area (Å²) >= 11 is 3.37. The number of halogens is 1. The fraction of sp³-hybridized carbons (Fsp3) is 0.500. The van der Waals surface area contributed by atoms with Crippen LogP contribution < -0.4 is 4.57 Å². The lowest BCUT2D eigenvalue weighted by Gasteiger charge is -1.89. The molecule has 0 radical (unpaired) electrons. The molecule has 0 unspecified atom stereocenters. The number of rotatable bonds is 3. The molecule has 0 fully saturated rings. The minimum atomic E-state index is 1.07. The van der Waals surface area contributed by atoms with Crippen LogP contribution in [0.5, 0.6) is 0 Å². The van der Waals surface area contributed by atoms with E-state index < -0.39 is 0 Å². The lowest BCUT2D eigenvalue weighted by molar-refractivity contribution is -0.695. The van der Waals surface area contributed by atoms with E-state index in [-0.39, 0.29) is 0 Å². The van der Waals surface area contributed by atoms with Crippen LogP contribution in [0.4, 0.5) is 0 Å². The van der Waals surface area contributed by atoms with Gasteiger partial charge in [-0.1, -0.05) is 15.9 Å². The van der Waals surface area contributed by atoms with Gasteiger partial charge in [-0.25, -0.2) is 4.57 Å². The minimum Gasteiger partial charge on any atom is -0.250 e. The van der Waals surface area contributed by atoms with Gasteiger partial charge < -0.3 is 0 Å². The van der Waals surface area contributed by atoms with E-state index in [0.29, 0.717) is 0 Å². The molecule has 3 heteroatoms. The van der Waals surface area contributed by atoms with E-state index >= 15 is 0 Å². The fourth-order valence-corrected chi connectivity index (χ4v) is 0.953. The normalized spacial score (nSPS) is 9.89. The van der Waals surface area contributed by atoms with E-state index in [4.69, 9.17) is 0 Å². The zero-order valence-electron chi connectivity index (χ0n) is 5.18.